The third kappa shape index (κ3) is 4.47. The fraction of sp³-hybridized carbons (Fsp3) is 0.500. The van der Waals surface area contributed by atoms with E-state index in [9.17, 15) is 15.0 Å². The Morgan fingerprint density at radius 2 is 1.89 bits per heavy atom. The quantitative estimate of drug-likeness (QED) is 0.712. The summed E-state index contributed by atoms with van der Waals surface area (Å²) in [7, 11) is 0. The Morgan fingerprint density at radius 1 is 1.28 bits per heavy atom. The molecule has 3 N–H and O–H groups in total. The smallest absolute Gasteiger partial charge is 0.253 e. The van der Waals surface area contributed by atoms with Gasteiger partial charge in [-0.25, -0.2) is 0 Å². The monoisotopic (exact) mass is 251 g/mol. The molecule has 1 aromatic rings. The summed E-state index contributed by atoms with van der Waals surface area (Å²) in [4.78, 5) is 11.8. The van der Waals surface area contributed by atoms with Crippen LogP contribution in [-0.4, -0.2) is 28.8 Å². The second-order valence-corrected chi connectivity index (χ2v) is 4.83. The predicted octanol–water partition coefficient (Wildman–Crippen LogP) is 1.24. The highest BCUT2D eigenvalue weighted by Gasteiger charge is 2.20. The second kappa shape index (κ2) is 7.13. The van der Waals surface area contributed by atoms with Crippen molar-refractivity contribution in [3.63, 3.8) is 0 Å². The Morgan fingerprint density at radius 3 is 2.39 bits per heavy atom. The van der Waals surface area contributed by atoms with Crippen LogP contribution in [0.4, 0.5) is 0 Å². The summed E-state index contributed by atoms with van der Waals surface area (Å²) >= 11 is 0. The van der Waals surface area contributed by atoms with Gasteiger partial charge in [0, 0.05) is 0 Å². The Kier molecular flexibility index (Phi) is 5.82. The number of carbonyl (C=O) groups excluding carboxylic acids is 1. The van der Waals surface area contributed by atoms with Gasteiger partial charge in [-0.15, -0.1) is 0 Å². The average Bonchev–Trinajstić information content (AvgIpc) is 2.37. The average molecular weight is 251 g/mol. The van der Waals surface area contributed by atoms with Gasteiger partial charge in [0.25, 0.3) is 5.91 Å². The molecule has 0 spiro atoms. The van der Waals surface area contributed by atoms with Crippen LogP contribution >= 0.6 is 0 Å². The standard InChI is InChI=1S/C14H21NO3/c1-10(2)8-12(9-16)15-14(18)13(17)11-6-4-3-5-7-11/h3-7,10,12-13,16-17H,8-9H2,1-2H3,(H,15,18)/t12-,13+/m0/s1. The number of carbonyl (C=O) groups is 1. The lowest BCUT2D eigenvalue weighted by Crippen LogP contribution is -2.41. The number of benzene rings is 1. The summed E-state index contributed by atoms with van der Waals surface area (Å²) in [6, 6.07) is 8.44. The predicted molar refractivity (Wildman–Crippen MR) is 69.9 cm³/mol. The first-order valence-corrected chi connectivity index (χ1v) is 6.18. The van der Waals surface area contributed by atoms with E-state index in [1.54, 1.807) is 24.3 Å². The number of hydrogen-bond donors (Lipinski definition) is 3. The first-order chi connectivity index (χ1) is 8.54. The SMILES string of the molecule is CC(C)C[C@@H](CO)NC(=O)[C@H](O)c1ccccc1. The van der Waals surface area contributed by atoms with Crippen molar-refractivity contribution in [1.82, 2.24) is 5.32 Å². The number of aliphatic hydroxyl groups is 2. The zero-order valence-electron chi connectivity index (χ0n) is 10.8. The summed E-state index contributed by atoms with van der Waals surface area (Å²) in [5, 5.41) is 21.7. The molecule has 0 saturated heterocycles. The summed E-state index contributed by atoms with van der Waals surface area (Å²) in [5.41, 5.74) is 0.552. The molecule has 4 nitrogen and oxygen atoms in total. The highest BCUT2D eigenvalue weighted by molar-refractivity contribution is 5.82. The lowest BCUT2D eigenvalue weighted by molar-refractivity contribution is -0.130. The lowest BCUT2D eigenvalue weighted by Gasteiger charge is -2.20. The van der Waals surface area contributed by atoms with Gasteiger partial charge in [-0.3, -0.25) is 4.79 Å². The molecular weight excluding hydrogens is 230 g/mol. The van der Waals surface area contributed by atoms with E-state index in [-0.39, 0.29) is 12.6 Å². The Labute approximate surface area is 108 Å². The van der Waals surface area contributed by atoms with Crippen molar-refractivity contribution < 1.29 is 15.0 Å². The molecule has 0 aromatic heterocycles. The van der Waals surface area contributed by atoms with Crippen LogP contribution in [0.3, 0.4) is 0 Å². The van der Waals surface area contributed by atoms with Crippen molar-refractivity contribution in [3.8, 4) is 0 Å². The molecule has 18 heavy (non-hydrogen) atoms. The molecule has 0 aliphatic rings. The van der Waals surface area contributed by atoms with Crippen molar-refractivity contribution in [2.24, 2.45) is 5.92 Å². The Hall–Kier alpha value is -1.39. The number of nitrogens with one attached hydrogen (secondary N) is 1. The minimum atomic E-state index is -1.19. The van der Waals surface area contributed by atoms with Gasteiger partial charge in [-0.05, 0) is 17.9 Å². The van der Waals surface area contributed by atoms with Gasteiger partial charge in [0.2, 0.25) is 0 Å². The van der Waals surface area contributed by atoms with Crippen LogP contribution in [-0.2, 0) is 4.79 Å². The van der Waals surface area contributed by atoms with E-state index in [0.717, 1.165) is 0 Å². The highest BCUT2D eigenvalue weighted by atomic mass is 16.3. The molecule has 1 amide bonds. The highest BCUT2D eigenvalue weighted by Crippen LogP contribution is 2.13. The minimum Gasteiger partial charge on any atom is -0.394 e. The summed E-state index contributed by atoms with van der Waals surface area (Å²) in [6.07, 6.45) is -0.503. The zero-order valence-corrected chi connectivity index (χ0v) is 10.8. The Bertz CT molecular complexity index is 365. The molecule has 1 aromatic carbocycles. The van der Waals surface area contributed by atoms with E-state index in [0.29, 0.717) is 17.9 Å². The largest absolute Gasteiger partial charge is 0.394 e. The van der Waals surface area contributed by atoms with Crippen molar-refractivity contribution in [3.05, 3.63) is 35.9 Å². The molecule has 1 rings (SSSR count). The Balaban J connectivity index is 2.59. The van der Waals surface area contributed by atoms with Crippen molar-refractivity contribution in [2.45, 2.75) is 32.4 Å². The molecule has 0 bridgehead atoms. The van der Waals surface area contributed by atoms with E-state index in [1.807, 2.05) is 19.9 Å². The molecule has 0 heterocycles. The van der Waals surface area contributed by atoms with E-state index in [4.69, 9.17) is 0 Å². The van der Waals surface area contributed by atoms with Gasteiger partial charge in [-0.1, -0.05) is 44.2 Å². The molecule has 0 aliphatic carbocycles. The van der Waals surface area contributed by atoms with Crippen LogP contribution in [0.5, 0.6) is 0 Å². The van der Waals surface area contributed by atoms with Gasteiger partial charge in [0.15, 0.2) is 6.10 Å². The summed E-state index contributed by atoms with van der Waals surface area (Å²) in [5.74, 6) is -0.0998. The molecule has 0 aliphatic heterocycles. The molecule has 4 heteroatoms. The van der Waals surface area contributed by atoms with Gasteiger partial charge in [-0.2, -0.15) is 0 Å². The normalized spacial score (nSPS) is 14.3. The summed E-state index contributed by atoms with van der Waals surface area (Å²) in [6.45, 7) is 3.91. The van der Waals surface area contributed by atoms with E-state index >= 15 is 0 Å². The maximum absolute atomic E-state index is 11.8. The topological polar surface area (TPSA) is 69.6 Å². The van der Waals surface area contributed by atoms with Crippen LogP contribution in [0.15, 0.2) is 30.3 Å². The fourth-order valence-electron chi connectivity index (χ4n) is 1.81. The number of amides is 1. The molecule has 0 fully saturated rings. The molecule has 0 radical (unpaired) electrons. The minimum absolute atomic E-state index is 0.120. The number of rotatable bonds is 6. The van der Waals surface area contributed by atoms with Crippen LogP contribution in [0, 0.1) is 5.92 Å². The number of hydrogen-bond acceptors (Lipinski definition) is 3. The summed E-state index contributed by atoms with van der Waals surface area (Å²) < 4.78 is 0. The molecule has 0 unspecified atom stereocenters. The first kappa shape index (κ1) is 14.7. The molecule has 2 atom stereocenters. The zero-order chi connectivity index (χ0) is 13.5. The second-order valence-electron chi connectivity index (χ2n) is 4.83. The van der Waals surface area contributed by atoms with Crippen molar-refractivity contribution >= 4 is 5.91 Å². The maximum atomic E-state index is 11.8. The van der Waals surface area contributed by atoms with Crippen LogP contribution in [0.1, 0.15) is 31.9 Å². The lowest BCUT2D eigenvalue weighted by atomic mass is 10.0. The van der Waals surface area contributed by atoms with Gasteiger partial charge < -0.3 is 15.5 Å². The van der Waals surface area contributed by atoms with Gasteiger partial charge in [0.1, 0.15) is 0 Å². The van der Waals surface area contributed by atoms with Crippen LogP contribution < -0.4 is 5.32 Å². The van der Waals surface area contributed by atoms with E-state index in [1.165, 1.54) is 0 Å². The number of aliphatic hydroxyl groups excluding tert-OH is 2. The third-order valence-corrected chi connectivity index (χ3v) is 2.69. The molecule has 100 valence electrons. The first-order valence-electron chi connectivity index (χ1n) is 6.18. The van der Waals surface area contributed by atoms with Gasteiger partial charge in [0.05, 0.1) is 12.6 Å². The van der Waals surface area contributed by atoms with Crippen LogP contribution in [0.2, 0.25) is 0 Å². The third-order valence-electron chi connectivity index (χ3n) is 2.69. The molecule has 0 saturated carbocycles. The van der Waals surface area contributed by atoms with Crippen LogP contribution in [0.25, 0.3) is 0 Å². The van der Waals surface area contributed by atoms with Crippen molar-refractivity contribution in [1.29, 1.82) is 0 Å². The maximum Gasteiger partial charge on any atom is 0.253 e. The van der Waals surface area contributed by atoms with Crippen molar-refractivity contribution in [2.75, 3.05) is 6.61 Å². The molecular formula is C14H21NO3. The fourth-order valence-corrected chi connectivity index (χ4v) is 1.81. The van der Waals surface area contributed by atoms with E-state index in [2.05, 4.69) is 5.32 Å². The van der Waals surface area contributed by atoms with Gasteiger partial charge >= 0.3 is 0 Å². The van der Waals surface area contributed by atoms with E-state index < -0.39 is 12.0 Å².